The van der Waals surface area contributed by atoms with Crippen LogP contribution in [0.25, 0.3) is 44.2 Å². The molecule has 326 valence electrons. The number of methoxy groups -OCH3 is 2. The molecule has 2 aromatic heterocycles. The molecule has 4 N–H and O–H groups in total. The van der Waals surface area contributed by atoms with Crippen molar-refractivity contribution in [1.29, 1.82) is 0 Å². The average Bonchev–Trinajstić information content (AvgIpc) is 4.15. The van der Waals surface area contributed by atoms with Gasteiger partial charge in [-0.25, -0.2) is 19.6 Å². The number of imidazole rings is 2. The second-order valence-corrected chi connectivity index (χ2v) is 18.0. The minimum absolute atomic E-state index is 0.0419. The van der Waals surface area contributed by atoms with E-state index in [1.54, 1.807) is 0 Å². The second-order valence-electron chi connectivity index (χ2n) is 18.0. The maximum Gasteiger partial charge on any atom is 0.407 e. The van der Waals surface area contributed by atoms with Crippen LogP contribution in [0.5, 0.6) is 0 Å². The third-order valence-corrected chi connectivity index (χ3v) is 13.7. The van der Waals surface area contributed by atoms with Gasteiger partial charge in [0.2, 0.25) is 11.8 Å². The largest absolute Gasteiger partial charge is 0.453 e. The topological polar surface area (TPSA) is 184 Å². The molecule has 3 aromatic carbocycles. The Morgan fingerprint density at radius 1 is 0.823 bits per heavy atom. The van der Waals surface area contributed by atoms with Gasteiger partial charge >= 0.3 is 12.2 Å². The van der Waals surface area contributed by atoms with Gasteiger partial charge in [0.25, 0.3) is 0 Å². The van der Waals surface area contributed by atoms with E-state index in [0.29, 0.717) is 38.5 Å². The van der Waals surface area contributed by atoms with Gasteiger partial charge in [-0.15, -0.1) is 0 Å². The van der Waals surface area contributed by atoms with E-state index in [1.807, 2.05) is 29.8 Å². The standard InChI is InChI=1S/C47H56N8O7/c1-25(2)38(52-46(58)60-4)45(57)55-33-13-10-32(22-33)41(55)43-48-23-36(50-43)28-8-6-27(7-9-28)30-11-14-34-31(21-30)12-15-35-40(34)51-42(49-35)37-20-26(3)24-54(37)44(56)39(53-47(59)61-5)29-16-18-62-19-17-29/h6-9,11-12,14-15,21,23,25-26,29,32-33,37-39,41H,10,13,16-20,22,24H2,1-5H3,(H,48,50)(H,49,51)(H,52,58)(H,53,59)/t26-,32-,33+,37-,38?,39-,41-/m0/s1. The van der Waals surface area contributed by atoms with Crippen molar-refractivity contribution in [3.05, 3.63) is 72.4 Å². The number of fused-ring (bicyclic) bond motifs is 5. The minimum Gasteiger partial charge on any atom is -0.453 e. The van der Waals surface area contributed by atoms with Gasteiger partial charge in [0, 0.05) is 31.2 Å². The van der Waals surface area contributed by atoms with Gasteiger partial charge in [0.05, 0.1) is 49.2 Å². The number of piperidine rings is 1. The summed E-state index contributed by atoms with van der Waals surface area (Å²) in [5, 5.41) is 7.67. The number of carbonyl (C=O) groups is 4. The van der Waals surface area contributed by atoms with E-state index in [9.17, 15) is 19.2 Å². The number of alkyl carbamates (subject to hydrolysis) is 2. The minimum atomic E-state index is -0.703. The van der Waals surface area contributed by atoms with Crippen LogP contribution in [0.15, 0.2) is 60.8 Å². The first-order valence-electron chi connectivity index (χ1n) is 22.0. The van der Waals surface area contributed by atoms with E-state index in [1.165, 1.54) is 14.2 Å². The summed E-state index contributed by atoms with van der Waals surface area (Å²) in [6.07, 6.45) is 5.67. The van der Waals surface area contributed by atoms with Gasteiger partial charge in [-0.2, -0.15) is 0 Å². The van der Waals surface area contributed by atoms with Crippen molar-refractivity contribution in [3.63, 3.8) is 0 Å². The molecule has 7 atom stereocenters. The Balaban J connectivity index is 0.928. The summed E-state index contributed by atoms with van der Waals surface area (Å²) >= 11 is 0. The summed E-state index contributed by atoms with van der Waals surface area (Å²) in [6.45, 7) is 7.68. The van der Waals surface area contributed by atoms with Crippen LogP contribution in [-0.4, -0.2) is 106 Å². The number of benzene rings is 3. The quantitative estimate of drug-likeness (QED) is 0.112. The molecule has 62 heavy (non-hydrogen) atoms. The Labute approximate surface area is 360 Å². The van der Waals surface area contributed by atoms with Crippen molar-refractivity contribution in [2.75, 3.05) is 34.0 Å². The molecular formula is C47H56N8O7. The molecule has 15 nitrogen and oxygen atoms in total. The molecule has 0 spiro atoms. The van der Waals surface area contributed by atoms with Crippen LogP contribution in [0.3, 0.4) is 0 Å². The van der Waals surface area contributed by atoms with Crippen LogP contribution < -0.4 is 10.6 Å². The van der Waals surface area contributed by atoms with Crippen LogP contribution in [0.2, 0.25) is 0 Å². The van der Waals surface area contributed by atoms with Crippen LogP contribution >= 0.6 is 0 Å². The van der Waals surface area contributed by atoms with Crippen molar-refractivity contribution in [3.8, 4) is 22.4 Å². The number of hydrogen-bond acceptors (Lipinski definition) is 9. The first-order chi connectivity index (χ1) is 30.0. The smallest absolute Gasteiger partial charge is 0.407 e. The molecule has 5 aromatic rings. The third-order valence-electron chi connectivity index (χ3n) is 13.7. The molecule has 1 unspecified atom stereocenters. The van der Waals surface area contributed by atoms with Crippen LogP contribution in [0.1, 0.15) is 83.0 Å². The number of amides is 4. The molecule has 4 amide bonds. The molecule has 3 aliphatic heterocycles. The van der Waals surface area contributed by atoms with Crippen LogP contribution in [-0.2, 0) is 23.8 Å². The van der Waals surface area contributed by atoms with E-state index in [-0.39, 0.29) is 47.7 Å². The van der Waals surface area contributed by atoms with E-state index in [2.05, 4.69) is 82.1 Å². The Bertz CT molecular complexity index is 2470. The molecule has 9 rings (SSSR count). The number of ether oxygens (including phenoxy) is 3. The summed E-state index contributed by atoms with van der Waals surface area (Å²) in [6, 6.07) is 17.2. The Hall–Kier alpha value is -5.96. The van der Waals surface area contributed by atoms with Gasteiger partial charge in [0.1, 0.15) is 23.7 Å². The van der Waals surface area contributed by atoms with Crippen LogP contribution in [0.4, 0.5) is 9.59 Å². The fourth-order valence-corrected chi connectivity index (χ4v) is 10.5. The molecular weight excluding hydrogens is 789 g/mol. The van der Waals surface area contributed by atoms with Gasteiger partial charge in [-0.3, -0.25) is 9.59 Å². The Morgan fingerprint density at radius 3 is 2.29 bits per heavy atom. The van der Waals surface area contributed by atoms with Gasteiger partial charge < -0.3 is 44.6 Å². The van der Waals surface area contributed by atoms with Crippen molar-refractivity contribution in [2.24, 2.45) is 23.7 Å². The summed E-state index contributed by atoms with van der Waals surface area (Å²) in [7, 11) is 2.62. The summed E-state index contributed by atoms with van der Waals surface area (Å²) in [5.74, 6) is 1.72. The fraction of sp³-hybridized carbons (Fsp3) is 0.489. The molecule has 2 bridgehead atoms. The zero-order chi connectivity index (χ0) is 43.2. The lowest BCUT2D eigenvalue weighted by atomic mass is 9.90. The fourth-order valence-electron chi connectivity index (χ4n) is 10.5. The number of rotatable bonds is 10. The lowest BCUT2D eigenvalue weighted by Crippen LogP contribution is -2.54. The molecule has 5 heterocycles. The molecule has 1 aliphatic carbocycles. The van der Waals surface area contributed by atoms with Gasteiger partial charge in [-0.05, 0) is 96.4 Å². The lowest BCUT2D eigenvalue weighted by molar-refractivity contribution is -0.139. The second kappa shape index (κ2) is 17.1. The zero-order valence-corrected chi connectivity index (χ0v) is 36.0. The summed E-state index contributed by atoms with van der Waals surface area (Å²) < 4.78 is 15.3. The molecule has 0 radical (unpaired) electrons. The maximum atomic E-state index is 14.3. The zero-order valence-electron chi connectivity index (χ0n) is 36.0. The van der Waals surface area contributed by atoms with Crippen molar-refractivity contribution in [2.45, 2.75) is 89.5 Å². The molecule has 4 fully saturated rings. The highest BCUT2D eigenvalue weighted by Crippen LogP contribution is 2.50. The van der Waals surface area contributed by atoms with Crippen molar-refractivity contribution >= 4 is 45.8 Å². The molecule has 15 heteroatoms. The van der Waals surface area contributed by atoms with E-state index >= 15 is 0 Å². The normalized spacial score (nSPS) is 23.5. The number of hydrogen-bond donors (Lipinski definition) is 4. The predicted octanol–water partition coefficient (Wildman–Crippen LogP) is 7.27. The summed E-state index contributed by atoms with van der Waals surface area (Å²) in [4.78, 5) is 73.7. The number of carbonyl (C=O) groups excluding carboxylic acids is 4. The van der Waals surface area contributed by atoms with E-state index in [0.717, 1.165) is 81.5 Å². The van der Waals surface area contributed by atoms with Crippen molar-refractivity contribution < 1.29 is 33.4 Å². The predicted molar refractivity (Wildman–Crippen MR) is 233 cm³/mol. The van der Waals surface area contributed by atoms with Crippen molar-refractivity contribution in [1.82, 2.24) is 40.4 Å². The van der Waals surface area contributed by atoms with Crippen LogP contribution in [0, 0.1) is 23.7 Å². The summed E-state index contributed by atoms with van der Waals surface area (Å²) in [5.41, 5.74) is 5.75. The number of H-pyrrole nitrogens is 2. The SMILES string of the molecule is COC(=O)NC(C(=O)N1[C@@H]2CC[C@@H](C2)[C@H]1c1ncc(-c2ccc(-c3ccc4c(ccc5[nH]c([C@@H]6C[C@H](C)CN6C(=O)[C@@H](NC(=O)OC)C6CCOCC6)nc54)c3)cc2)[nH]1)C(C)C. The first kappa shape index (κ1) is 41.4. The maximum absolute atomic E-state index is 14.3. The Morgan fingerprint density at radius 2 is 1.55 bits per heavy atom. The molecule has 3 saturated heterocycles. The number of nitrogens with zero attached hydrogens (tertiary/aromatic N) is 4. The van der Waals surface area contributed by atoms with E-state index < -0.39 is 24.3 Å². The van der Waals surface area contributed by atoms with Gasteiger partial charge in [0.15, 0.2) is 0 Å². The number of likely N-dealkylation sites (tertiary alicyclic amines) is 2. The molecule has 1 saturated carbocycles. The lowest BCUT2D eigenvalue weighted by Gasteiger charge is -2.37. The Kier molecular flexibility index (Phi) is 11.4. The molecule has 4 aliphatic rings. The number of nitrogens with one attached hydrogen (secondary N) is 4. The van der Waals surface area contributed by atoms with Gasteiger partial charge in [-0.1, -0.05) is 63.2 Å². The first-order valence-corrected chi connectivity index (χ1v) is 22.0. The number of aromatic amines is 2. The highest BCUT2D eigenvalue weighted by atomic mass is 16.5. The highest BCUT2D eigenvalue weighted by Gasteiger charge is 2.51. The third kappa shape index (κ3) is 7.75. The average molecular weight is 845 g/mol. The van der Waals surface area contributed by atoms with E-state index in [4.69, 9.17) is 24.2 Å². The number of aromatic nitrogens is 4. The highest BCUT2D eigenvalue weighted by molar-refractivity contribution is 6.05. The monoisotopic (exact) mass is 844 g/mol.